The predicted molar refractivity (Wildman–Crippen MR) is 83.0 cm³/mol. The van der Waals surface area contributed by atoms with Crippen LogP contribution in [0.4, 0.5) is 0 Å². The molecule has 0 saturated heterocycles. The van der Waals surface area contributed by atoms with Gasteiger partial charge in [0.05, 0.1) is 11.5 Å². The molecule has 1 N–H and O–H groups in total. The second kappa shape index (κ2) is 7.40. The van der Waals surface area contributed by atoms with Gasteiger partial charge in [-0.1, -0.05) is 0 Å². The second-order valence-electron chi connectivity index (χ2n) is 6.23. The Morgan fingerprint density at radius 3 is 2.23 bits per heavy atom. The number of carboxylic acids is 1. The molecule has 22 heavy (non-hydrogen) atoms. The van der Waals surface area contributed by atoms with Crippen molar-refractivity contribution in [2.45, 2.75) is 25.7 Å². The number of carboxylic acid groups (broad SMARTS) is 1. The highest BCUT2D eigenvalue weighted by Gasteiger charge is 2.27. The maximum absolute atomic E-state index is 12.2. The van der Waals surface area contributed by atoms with Gasteiger partial charge in [-0.3, -0.25) is 4.79 Å². The number of esters is 1. The third-order valence-corrected chi connectivity index (χ3v) is 4.12. The van der Waals surface area contributed by atoms with E-state index < -0.39 is 5.97 Å². The largest absolute Gasteiger partial charge is 0.478 e. The van der Waals surface area contributed by atoms with Crippen LogP contribution in [0.2, 0.25) is 0 Å². The molecule has 0 bridgehead atoms. The average Bonchev–Trinajstić information content (AvgIpc) is 2.48. The molecule has 0 amide bonds. The summed E-state index contributed by atoms with van der Waals surface area (Å²) >= 11 is 0. The highest BCUT2D eigenvalue weighted by molar-refractivity contribution is 5.87. The summed E-state index contributed by atoms with van der Waals surface area (Å²) in [5.41, 5.74) is 0.184. The van der Waals surface area contributed by atoms with Gasteiger partial charge in [-0.2, -0.15) is 0 Å². The van der Waals surface area contributed by atoms with Gasteiger partial charge in [-0.05, 0) is 70.0 Å². The molecule has 120 valence electrons. The molecule has 1 fully saturated rings. The zero-order valence-corrected chi connectivity index (χ0v) is 13.1. The lowest BCUT2D eigenvalue weighted by Gasteiger charge is -2.29. The smallest absolute Gasteiger partial charge is 0.335 e. The topological polar surface area (TPSA) is 66.8 Å². The van der Waals surface area contributed by atoms with E-state index in [2.05, 4.69) is 19.0 Å². The molecule has 0 spiro atoms. The van der Waals surface area contributed by atoms with Gasteiger partial charge < -0.3 is 14.7 Å². The van der Waals surface area contributed by atoms with Crippen LogP contribution in [-0.4, -0.2) is 42.6 Å². The van der Waals surface area contributed by atoms with Crippen molar-refractivity contribution in [3.63, 3.8) is 0 Å². The van der Waals surface area contributed by atoms with Crippen molar-refractivity contribution < 1.29 is 19.4 Å². The van der Waals surface area contributed by atoms with Crippen LogP contribution in [0.15, 0.2) is 24.3 Å². The lowest BCUT2D eigenvalue weighted by atomic mass is 9.82. The molecule has 0 atom stereocenters. The molecular formula is C17H23NO4. The van der Waals surface area contributed by atoms with Crippen molar-refractivity contribution in [1.82, 2.24) is 4.90 Å². The van der Waals surface area contributed by atoms with Crippen LogP contribution in [-0.2, 0) is 4.79 Å². The van der Waals surface area contributed by atoms with Crippen LogP contribution in [0.5, 0.6) is 5.75 Å². The fourth-order valence-electron chi connectivity index (χ4n) is 2.96. The minimum atomic E-state index is -0.989. The van der Waals surface area contributed by atoms with Crippen LogP contribution in [0, 0.1) is 11.8 Å². The van der Waals surface area contributed by atoms with Gasteiger partial charge >= 0.3 is 11.9 Å². The Labute approximate surface area is 130 Å². The summed E-state index contributed by atoms with van der Waals surface area (Å²) in [5, 5.41) is 8.84. The summed E-state index contributed by atoms with van der Waals surface area (Å²) in [7, 11) is 4.14. The zero-order valence-electron chi connectivity index (χ0n) is 13.1. The Morgan fingerprint density at radius 2 is 1.73 bits per heavy atom. The SMILES string of the molecule is CN(C)CC1CCC(C(=O)Oc2ccc(C(=O)O)cc2)CC1. The Morgan fingerprint density at radius 1 is 1.14 bits per heavy atom. The Kier molecular flexibility index (Phi) is 5.55. The van der Waals surface area contributed by atoms with Gasteiger partial charge in [0.2, 0.25) is 0 Å². The van der Waals surface area contributed by atoms with Crippen LogP contribution in [0.25, 0.3) is 0 Å². The van der Waals surface area contributed by atoms with Crippen molar-refractivity contribution >= 4 is 11.9 Å². The standard InChI is InChI=1S/C17H23NO4/c1-18(2)11-12-3-5-14(6-4-12)17(21)22-15-9-7-13(8-10-15)16(19)20/h7-10,12,14H,3-6,11H2,1-2H3,(H,19,20). The van der Waals surface area contributed by atoms with E-state index in [0.717, 1.165) is 32.2 Å². The van der Waals surface area contributed by atoms with E-state index in [4.69, 9.17) is 9.84 Å². The summed E-state index contributed by atoms with van der Waals surface area (Å²) < 4.78 is 5.36. The van der Waals surface area contributed by atoms with Crippen molar-refractivity contribution in [2.75, 3.05) is 20.6 Å². The first-order valence-corrected chi connectivity index (χ1v) is 7.65. The molecule has 1 aromatic rings. The van der Waals surface area contributed by atoms with E-state index in [-0.39, 0.29) is 17.5 Å². The number of hydrogen-bond donors (Lipinski definition) is 1. The molecule has 1 saturated carbocycles. The number of ether oxygens (including phenoxy) is 1. The molecule has 0 heterocycles. The van der Waals surface area contributed by atoms with Crippen LogP contribution in [0.3, 0.4) is 0 Å². The molecule has 2 rings (SSSR count). The van der Waals surface area contributed by atoms with E-state index >= 15 is 0 Å². The molecule has 0 unspecified atom stereocenters. The predicted octanol–water partition coefficient (Wildman–Crippen LogP) is 2.66. The minimum absolute atomic E-state index is 0.0439. The Balaban J connectivity index is 1.84. The van der Waals surface area contributed by atoms with Gasteiger partial charge in [0.25, 0.3) is 0 Å². The first kappa shape index (κ1) is 16.5. The number of aromatic carboxylic acids is 1. The van der Waals surface area contributed by atoms with Crippen LogP contribution < -0.4 is 4.74 Å². The Bertz CT molecular complexity index is 516. The molecule has 5 nitrogen and oxygen atoms in total. The third kappa shape index (κ3) is 4.56. The molecule has 1 aliphatic rings. The lowest BCUT2D eigenvalue weighted by Crippen LogP contribution is -2.30. The van der Waals surface area contributed by atoms with E-state index in [9.17, 15) is 9.59 Å². The van der Waals surface area contributed by atoms with E-state index in [1.165, 1.54) is 24.3 Å². The van der Waals surface area contributed by atoms with Gasteiger partial charge in [-0.15, -0.1) is 0 Å². The molecule has 1 aliphatic carbocycles. The third-order valence-electron chi connectivity index (χ3n) is 4.12. The fourth-order valence-corrected chi connectivity index (χ4v) is 2.96. The van der Waals surface area contributed by atoms with Gasteiger partial charge in [0.15, 0.2) is 0 Å². The van der Waals surface area contributed by atoms with Crippen molar-refractivity contribution in [1.29, 1.82) is 0 Å². The molecule has 1 aromatic carbocycles. The molecule has 5 heteroatoms. The lowest BCUT2D eigenvalue weighted by molar-refractivity contribution is -0.140. The molecule has 0 aromatic heterocycles. The number of benzene rings is 1. The maximum Gasteiger partial charge on any atom is 0.335 e. The second-order valence-corrected chi connectivity index (χ2v) is 6.23. The molecular weight excluding hydrogens is 282 g/mol. The summed E-state index contributed by atoms with van der Waals surface area (Å²) in [5.74, 6) is -0.166. The highest BCUT2D eigenvalue weighted by atomic mass is 16.5. The summed E-state index contributed by atoms with van der Waals surface area (Å²) in [6.45, 7) is 1.07. The average molecular weight is 305 g/mol. The number of nitrogens with zero attached hydrogens (tertiary/aromatic N) is 1. The number of carbonyl (C=O) groups is 2. The number of rotatable bonds is 5. The number of hydrogen-bond acceptors (Lipinski definition) is 4. The first-order valence-electron chi connectivity index (χ1n) is 7.65. The van der Waals surface area contributed by atoms with Gasteiger partial charge in [-0.25, -0.2) is 4.79 Å². The van der Waals surface area contributed by atoms with E-state index in [0.29, 0.717) is 11.7 Å². The Hall–Kier alpha value is -1.88. The molecule has 0 radical (unpaired) electrons. The molecule has 0 aliphatic heterocycles. The summed E-state index contributed by atoms with van der Waals surface area (Å²) in [6.07, 6.45) is 3.83. The van der Waals surface area contributed by atoms with Crippen LogP contribution >= 0.6 is 0 Å². The van der Waals surface area contributed by atoms with Gasteiger partial charge in [0.1, 0.15) is 5.75 Å². The first-order chi connectivity index (χ1) is 10.5. The zero-order chi connectivity index (χ0) is 16.1. The van der Waals surface area contributed by atoms with E-state index in [1.54, 1.807) is 0 Å². The highest BCUT2D eigenvalue weighted by Crippen LogP contribution is 2.30. The summed E-state index contributed by atoms with van der Waals surface area (Å²) in [4.78, 5) is 25.1. The fraction of sp³-hybridized carbons (Fsp3) is 0.529. The minimum Gasteiger partial charge on any atom is -0.478 e. The normalized spacial score (nSPS) is 21.6. The van der Waals surface area contributed by atoms with E-state index in [1.807, 2.05) is 0 Å². The summed E-state index contributed by atoms with van der Waals surface area (Å²) in [6, 6.07) is 5.94. The number of carbonyl (C=O) groups excluding carboxylic acids is 1. The van der Waals surface area contributed by atoms with Crippen molar-refractivity contribution in [2.24, 2.45) is 11.8 Å². The quantitative estimate of drug-likeness (QED) is 0.669. The van der Waals surface area contributed by atoms with Crippen molar-refractivity contribution in [3.8, 4) is 5.75 Å². The monoisotopic (exact) mass is 305 g/mol. The van der Waals surface area contributed by atoms with Crippen LogP contribution in [0.1, 0.15) is 36.0 Å². The maximum atomic E-state index is 12.2. The van der Waals surface area contributed by atoms with Crippen molar-refractivity contribution in [3.05, 3.63) is 29.8 Å². The van der Waals surface area contributed by atoms with Gasteiger partial charge in [0, 0.05) is 6.54 Å².